The van der Waals surface area contributed by atoms with Gasteiger partial charge < -0.3 is 9.47 Å². The van der Waals surface area contributed by atoms with E-state index in [0.717, 1.165) is 98.2 Å². The van der Waals surface area contributed by atoms with Crippen molar-refractivity contribution < 1.29 is 19.1 Å². The predicted octanol–water partition coefficient (Wildman–Crippen LogP) is 15.0. The number of fused-ring (bicyclic) bond motifs is 5. The second-order valence-corrected chi connectivity index (χ2v) is 21.9. The Kier molecular flexibility index (Phi) is 14.3. The maximum absolute atomic E-state index is 13.5. The Morgan fingerprint density at radius 3 is 2.26 bits per heavy atom. The van der Waals surface area contributed by atoms with Crippen LogP contribution < -0.4 is 4.74 Å². The summed E-state index contributed by atoms with van der Waals surface area (Å²) in [5.41, 5.74) is 2.58. The number of unbranched alkanes of at least 4 members (excludes halogenated alkanes) is 2. The SMILES string of the molecule is CCCCCC1CCC(C2CCC(C(=O)Oc3ccc(C(=O)O[C@H]4CC[C@@]5(C)C(=CCC6C5CC[C@@]5(C)C6CC[C@@H]5C(C)CCCC(C)C)C4)c(Cl)c3)CC2)CC1. The van der Waals surface area contributed by atoms with Gasteiger partial charge in [0.05, 0.1) is 16.5 Å². The number of esters is 2. The normalized spacial score (nSPS) is 37.1. The zero-order valence-electron chi connectivity index (χ0n) is 36.9. The summed E-state index contributed by atoms with van der Waals surface area (Å²) in [6, 6.07) is 5.02. The largest absolute Gasteiger partial charge is 0.458 e. The first-order valence-electron chi connectivity index (χ1n) is 24.3. The molecule has 0 heterocycles. The molecule has 6 aliphatic rings. The molecule has 5 fully saturated rings. The van der Waals surface area contributed by atoms with Crippen LogP contribution in [-0.2, 0) is 9.53 Å². The van der Waals surface area contributed by atoms with Gasteiger partial charge in [0.2, 0.25) is 0 Å². The Morgan fingerprint density at radius 2 is 1.56 bits per heavy atom. The van der Waals surface area contributed by atoms with Gasteiger partial charge in [-0.25, -0.2) is 4.79 Å². The third-order valence-corrected chi connectivity index (χ3v) is 18.1. The zero-order chi connectivity index (χ0) is 40.3. The molecule has 0 amide bonds. The second kappa shape index (κ2) is 18.8. The predicted molar refractivity (Wildman–Crippen MR) is 234 cm³/mol. The van der Waals surface area contributed by atoms with Crippen LogP contribution in [0.1, 0.15) is 200 Å². The van der Waals surface area contributed by atoms with Gasteiger partial charge in [-0.15, -0.1) is 0 Å². The first-order chi connectivity index (χ1) is 27.4. The van der Waals surface area contributed by atoms with Gasteiger partial charge in [0.15, 0.2) is 0 Å². The van der Waals surface area contributed by atoms with Crippen molar-refractivity contribution in [2.24, 2.45) is 70.0 Å². The third-order valence-electron chi connectivity index (χ3n) is 17.8. The molecule has 4 unspecified atom stereocenters. The lowest BCUT2D eigenvalue weighted by Crippen LogP contribution is -2.51. The number of benzene rings is 1. The van der Waals surface area contributed by atoms with Crippen LogP contribution in [0.5, 0.6) is 5.75 Å². The first-order valence-corrected chi connectivity index (χ1v) is 24.7. The number of allylic oxidation sites excluding steroid dienone is 1. The first kappa shape index (κ1) is 43.3. The van der Waals surface area contributed by atoms with Crippen LogP contribution >= 0.6 is 11.6 Å². The minimum Gasteiger partial charge on any atom is -0.458 e. The maximum atomic E-state index is 13.5. The molecule has 318 valence electrons. The zero-order valence-corrected chi connectivity index (χ0v) is 37.7. The van der Waals surface area contributed by atoms with E-state index in [-0.39, 0.29) is 34.4 Å². The Labute approximate surface area is 352 Å². The molecular weight excluding hydrogens is 724 g/mol. The van der Waals surface area contributed by atoms with E-state index in [1.165, 1.54) is 108 Å². The fourth-order valence-electron chi connectivity index (χ4n) is 14.3. The van der Waals surface area contributed by atoms with Crippen molar-refractivity contribution in [3.63, 3.8) is 0 Å². The summed E-state index contributed by atoms with van der Waals surface area (Å²) >= 11 is 6.69. The van der Waals surface area contributed by atoms with Crippen molar-refractivity contribution in [1.82, 2.24) is 0 Å². The van der Waals surface area contributed by atoms with E-state index in [4.69, 9.17) is 21.1 Å². The lowest BCUT2D eigenvalue weighted by molar-refractivity contribution is -0.140. The van der Waals surface area contributed by atoms with Crippen LogP contribution in [0.15, 0.2) is 29.8 Å². The average Bonchev–Trinajstić information content (AvgIpc) is 3.55. The maximum Gasteiger partial charge on any atom is 0.339 e. The highest BCUT2D eigenvalue weighted by Gasteiger charge is 2.59. The lowest BCUT2D eigenvalue weighted by Gasteiger charge is -2.58. The van der Waals surface area contributed by atoms with Crippen molar-refractivity contribution >= 4 is 23.5 Å². The van der Waals surface area contributed by atoms with Crippen molar-refractivity contribution in [3.8, 4) is 5.75 Å². The summed E-state index contributed by atoms with van der Waals surface area (Å²) in [4.78, 5) is 26.8. The van der Waals surface area contributed by atoms with Gasteiger partial charge in [-0.3, -0.25) is 4.79 Å². The van der Waals surface area contributed by atoms with E-state index in [2.05, 4.69) is 47.6 Å². The van der Waals surface area contributed by atoms with Gasteiger partial charge in [0.25, 0.3) is 0 Å². The minimum absolute atomic E-state index is 0.0577. The van der Waals surface area contributed by atoms with E-state index in [1.807, 2.05) is 0 Å². The molecule has 5 heteroatoms. The molecule has 0 bridgehead atoms. The number of hydrogen-bond acceptors (Lipinski definition) is 4. The molecule has 7 rings (SSSR count). The number of carbonyl (C=O) groups excluding carboxylic acids is 2. The molecule has 0 N–H and O–H groups in total. The van der Waals surface area contributed by atoms with Crippen LogP contribution in [0.3, 0.4) is 0 Å². The fraction of sp³-hybridized carbons (Fsp3) is 0.808. The van der Waals surface area contributed by atoms with Crippen molar-refractivity contribution in [2.45, 2.75) is 195 Å². The van der Waals surface area contributed by atoms with Gasteiger partial charge in [0, 0.05) is 12.5 Å². The molecule has 0 aromatic heterocycles. The summed E-state index contributed by atoms with van der Waals surface area (Å²) in [5, 5.41) is 0.286. The number of ether oxygens (including phenoxy) is 2. The molecule has 57 heavy (non-hydrogen) atoms. The molecule has 0 aliphatic heterocycles. The summed E-state index contributed by atoms with van der Waals surface area (Å²) in [6.07, 6.45) is 31.3. The molecule has 1 aromatic carbocycles. The molecule has 5 saturated carbocycles. The quantitative estimate of drug-likeness (QED) is 0.0814. The highest BCUT2D eigenvalue weighted by atomic mass is 35.5. The van der Waals surface area contributed by atoms with Crippen LogP contribution in [-0.4, -0.2) is 18.0 Å². The van der Waals surface area contributed by atoms with Crippen molar-refractivity contribution in [3.05, 3.63) is 40.4 Å². The Bertz CT molecular complexity index is 1550. The molecule has 0 spiro atoms. The molecule has 0 radical (unpaired) electrons. The summed E-state index contributed by atoms with van der Waals surface area (Å²) in [6.45, 7) is 14.8. The van der Waals surface area contributed by atoms with E-state index in [9.17, 15) is 9.59 Å². The lowest BCUT2D eigenvalue weighted by atomic mass is 9.47. The van der Waals surface area contributed by atoms with Gasteiger partial charge in [-0.2, -0.15) is 0 Å². The molecular formula is C52H79ClO4. The molecule has 0 saturated heterocycles. The average molecular weight is 804 g/mol. The molecule has 1 aromatic rings. The summed E-state index contributed by atoms with van der Waals surface area (Å²) in [7, 11) is 0. The topological polar surface area (TPSA) is 52.6 Å². The monoisotopic (exact) mass is 803 g/mol. The number of halogens is 1. The highest BCUT2D eigenvalue weighted by molar-refractivity contribution is 6.33. The number of carbonyl (C=O) groups is 2. The van der Waals surface area contributed by atoms with E-state index >= 15 is 0 Å². The van der Waals surface area contributed by atoms with E-state index in [0.29, 0.717) is 16.7 Å². The van der Waals surface area contributed by atoms with E-state index in [1.54, 1.807) is 18.2 Å². The standard InChI is InChI=1S/C52H79ClO4/c1-7-8-9-13-36-14-16-37(17-15-36)38-18-20-39(21-19-38)49(54)56-41-23-25-44(48(53)33-41)50(55)57-42-28-30-51(5)40(32-42)22-24-43-46-27-26-45(35(4)12-10-11-34(2)3)52(46,6)31-29-47(43)51/h22-23,25,33-39,42-43,45-47H,7-21,24,26-32H2,1-6H3/t35?,36?,37?,38?,39?,42-,43?,45+,46?,47?,51-,52+/m0/s1. The van der Waals surface area contributed by atoms with E-state index < -0.39 is 0 Å². The van der Waals surface area contributed by atoms with Crippen LogP contribution in [0.2, 0.25) is 5.02 Å². The van der Waals surface area contributed by atoms with Gasteiger partial charge in [-0.05, 0) is 160 Å². The Hall–Kier alpha value is -1.81. The highest BCUT2D eigenvalue weighted by Crippen LogP contribution is 2.67. The number of hydrogen-bond donors (Lipinski definition) is 0. The molecule has 4 nitrogen and oxygen atoms in total. The minimum atomic E-state index is -0.373. The van der Waals surface area contributed by atoms with Gasteiger partial charge >= 0.3 is 11.9 Å². The van der Waals surface area contributed by atoms with Crippen molar-refractivity contribution in [1.29, 1.82) is 0 Å². The van der Waals surface area contributed by atoms with Gasteiger partial charge in [0.1, 0.15) is 11.9 Å². The van der Waals surface area contributed by atoms with Crippen LogP contribution in [0.25, 0.3) is 0 Å². The molecule has 8 atom stereocenters. The van der Waals surface area contributed by atoms with Crippen LogP contribution in [0, 0.1) is 70.0 Å². The smallest absolute Gasteiger partial charge is 0.339 e. The Balaban J connectivity index is 0.875. The van der Waals surface area contributed by atoms with Crippen LogP contribution in [0.4, 0.5) is 0 Å². The Morgan fingerprint density at radius 1 is 0.825 bits per heavy atom. The number of rotatable bonds is 14. The van der Waals surface area contributed by atoms with Crippen molar-refractivity contribution in [2.75, 3.05) is 0 Å². The summed E-state index contributed by atoms with van der Waals surface area (Å²) in [5.74, 6) is 7.27. The fourth-order valence-corrected chi connectivity index (χ4v) is 14.6. The third kappa shape index (κ3) is 9.57. The second-order valence-electron chi connectivity index (χ2n) is 21.5. The molecule has 6 aliphatic carbocycles. The summed E-state index contributed by atoms with van der Waals surface area (Å²) < 4.78 is 12.1. The van der Waals surface area contributed by atoms with Gasteiger partial charge in [-0.1, -0.05) is 123 Å².